The SMILES string of the molecule is CCCCCCCC(O)C(CCCCC)C(C)O. The van der Waals surface area contributed by atoms with Gasteiger partial charge in [-0.3, -0.25) is 0 Å². The molecule has 3 atom stereocenters. The van der Waals surface area contributed by atoms with E-state index < -0.39 is 0 Å². The van der Waals surface area contributed by atoms with Crippen LogP contribution in [0.15, 0.2) is 0 Å². The maximum absolute atomic E-state index is 10.2. The molecule has 0 fully saturated rings. The number of unbranched alkanes of at least 4 members (excludes halogenated alkanes) is 6. The second-order valence-electron chi connectivity index (χ2n) is 5.67. The minimum atomic E-state index is -0.382. The summed E-state index contributed by atoms with van der Waals surface area (Å²) < 4.78 is 0. The van der Waals surface area contributed by atoms with Crippen molar-refractivity contribution in [1.29, 1.82) is 0 Å². The smallest absolute Gasteiger partial charge is 0.0593 e. The fraction of sp³-hybridized carbons (Fsp3) is 1.00. The summed E-state index contributed by atoms with van der Waals surface area (Å²) in [5.74, 6) is 0.0720. The first-order chi connectivity index (χ1) is 8.63. The highest BCUT2D eigenvalue weighted by atomic mass is 16.3. The van der Waals surface area contributed by atoms with Crippen molar-refractivity contribution >= 4 is 0 Å². The molecule has 0 saturated heterocycles. The molecule has 0 aromatic heterocycles. The molecule has 0 rings (SSSR count). The molecule has 0 heterocycles. The molecule has 110 valence electrons. The highest BCUT2D eigenvalue weighted by Gasteiger charge is 2.22. The first kappa shape index (κ1) is 17.9. The fourth-order valence-electron chi connectivity index (χ4n) is 2.56. The van der Waals surface area contributed by atoms with E-state index in [0.29, 0.717) is 0 Å². The van der Waals surface area contributed by atoms with Gasteiger partial charge < -0.3 is 10.2 Å². The van der Waals surface area contributed by atoms with Crippen LogP contribution in [-0.2, 0) is 0 Å². The van der Waals surface area contributed by atoms with Gasteiger partial charge in [-0.15, -0.1) is 0 Å². The summed E-state index contributed by atoms with van der Waals surface area (Å²) in [6.07, 6.45) is 10.8. The molecular formula is C16H34O2. The Morgan fingerprint density at radius 1 is 0.722 bits per heavy atom. The maximum atomic E-state index is 10.2. The van der Waals surface area contributed by atoms with Gasteiger partial charge in [0.2, 0.25) is 0 Å². The first-order valence-corrected chi connectivity index (χ1v) is 7.99. The summed E-state index contributed by atoms with van der Waals surface area (Å²) in [6, 6.07) is 0. The van der Waals surface area contributed by atoms with E-state index in [2.05, 4.69) is 13.8 Å². The van der Waals surface area contributed by atoms with Crippen LogP contribution in [0.3, 0.4) is 0 Å². The van der Waals surface area contributed by atoms with Gasteiger partial charge in [0.1, 0.15) is 0 Å². The third-order valence-electron chi connectivity index (χ3n) is 3.86. The molecule has 0 aliphatic carbocycles. The molecule has 2 nitrogen and oxygen atoms in total. The Hall–Kier alpha value is -0.0800. The van der Waals surface area contributed by atoms with Crippen LogP contribution in [0.4, 0.5) is 0 Å². The fourth-order valence-corrected chi connectivity index (χ4v) is 2.56. The minimum Gasteiger partial charge on any atom is -0.393 e. The van der Waals surface area contributed by atoms with Gasteiger partial charge in [0.25, 0.3) is 0 Å². The zero-order valence-corrected chi connectivity index (χ0v) is 12.7. The Labute approximate surface area is 114 Å². The van der Waals surface area contributed by atoms with Crippen molar-refractivity contribution in [2.75, 3.05) is 0 Å². The topological polar surface area (TPSA) is 40.5 Å². The molecule has 0 aromatic rings. The number of aliphatic hydroxyl groups is 2. The second-order valence-corrected chi connectivity index (χ2v) is 5.67. The van der Waals surface area contributed by atoms with Crippen LogP contribution in [-0.4, -0.2) is 22.4 Å². The Bertz CT molecular complexity index is 168. The van der Waals surface area contributed by atoms with E-state index in [1.165, 1.54) is 38.5 Å². The van der Waals surface area contributed by atoms with E-state index in [1.807, 2.05) is 6.92 Å². The van der Waals surface area contributed by atoms with Crippen molar-refractivity contribution in [2.24, 2.45) is 5.92 Å². The monoisotopic (exact) mass is 258 g/mol. The quantitative estimate of drug-likeness (QED) is 0.513. The minimum absolute atomic E-state index is 0.0720. The summed E-state index contributed by atoms with van der Waals surface area (Å²) in [6.45, 7) is 6.21. The van der Waals surface area contributed by atoms with Gasteiger partial charge in [-0.2, -0.15) is 0 Å². The number of hydrogen-bond acceptors (Lipinski definition) is 2. The van der Waals surface area contributed by atoms with Crippen molar-refractivity contribution in [3.8, 4) is 0 Å². The molecule has 0 saturated carbocycles. The van der Waals surface area contributed by atoms with Gasteiger partial charge in [-0.25, -0.2) is 0 Å². The average molecular weight is 258 g/mol. The summed E-state index contributed by atoms with van der Waals surface area (Å²) in [4.78, 5) is 0. The Balaban J connectivity index is 3.80. The lowest BCUT2D eigenvalue weighted by Crippen LogP contribution is -2.30. The number of aliphatic hydroxyl groups excluding tert-OH is 2. The van der Waals surface area contributed by atoms with Crippen LogP contribution in [0, 0.1) is 5.92 Å². The zero-order chi connectivity index (χ0) is 13.8. The Morgan fingerprint density at radius 3 is 1.78 bits per heavy atom. The zero-order valence-electron chi connectivity index (χ0n) is 12.7. The highest BCUT2D eigenvalue weighted by molar-refractivity contribution is 4.73. The van der Waals surface area contributed by atoms with Gasteiger partial charge in [-0.05, 0) is 19.8 Å². The molecule has 2 N–H and O–H groups in total. The van der Waals surface area contributed by atoms with E-state index in [0.717, 1.165) is 25.7 Å². The molecule has 18 heavy (non-hydrogen) atoms. The van der Waals surface area contributed by atoms with Crippen molar-refractivity contribution < 1.29 is 10.2 Å². The molecule has 0 radical (unpaired) electrons. The van der Waals surface area contributed by atoms with Gasteiger partial charge in [0.05, 0.1) is 12.2 Å². The van der Waals surface area contributed by atoms with Crippen molar-refractivity contribution in [2.45, 2.75) is 97.2 Å². The first-order valence-electron chi connectivity index (χ1n) is 7.99. The average Bonchev–Trinajstić information content (AvgIpc) is 2.33. The highest BCUT2D eigenvalue weighted by Crippen LogP contribution is 2.22. The van der Waals surface area contributed by atoms with Crippen LogP contribution in [0.25, 0.3) is 0 Å². The van der Waals surface area contributed by atoms with Gasteiger partial charge in [-0.1, -0.05) is 65.2 Å². The van der Waals surface area contributed by atoms with E-state index >= 15 is 0 Å². The molecule has 3 unspecified atom stereocenters. The van der Waals surface area contributed by atoms with Gasteiger partial charge >= 0.3 is 0 Å². The molecule has 0 aliphatic rings. The lowest BCUT2D eigenvalue weighted by atomic mass is 9.88. The second kappa shape index (κ2) is 12.0. The van der Waals surface area contributed by atoms with Crippen molar-refractivity contribution in [3.05, 3.63) is 0 Å². The maximum Gasteiger partial charge on any atom is 0.0593 e. The molecular weight excluding hydrogens is 224 g/mol. The molecule has 0 aliphatic heterocycles. The van der Waals surface area contributed by atoms with Crippen LogP contribution in [0.1, 0.15) is 85.0 Å². The van der Waals surface area contributed by atoms with Crippen LogP contribution in [0.5, 0.6) is 0 Å². The third kappa shape index (κ3) is 8.93. The van der Waals surface area contributed by atoms with Crippen LogP contribution < -0.4 is 0 Å². The molecule has 0 bridgehead atoms. The normalized spacial score (nSPS) is 16.5. The molecule has 0 amide bonds. The Morgan fingerprint density at radius 2 is 1.22 bits per heavy atom. The lowest BCUT2D eigenvalue weighted by molar-refractivity contribution is 0.0104. The number of hydrogen-bond donors (Lipinski definition) is 2. The van der Waals surface area contributed by atoms with Crippen molar-refractivity contribution in [1.82, 2.24) is 0 Å². The van der Waals surface area contributed by atoms with Crippen LogP contribution >= 0.6 is 0 Å². The van der Waals surface area contributed by atoms with Crippen molar-refractivity contribution in [3.63, 3.8) is 0 Å². The van der Waals surface area contributed by atoms with E-state index in [1.54, 1.807) is 0 Å². The van der Waals surface area contributed by atoms with Crippen LogP contribution in [0.2, 0.25) is 0 Å². The summed E-state index contributed by atoms with van der Waals surface area (Å²) in [5, 5.41) is 19.9. The number of rotatable bonds is 12. The summed E-state index contributed by atoms with van der Waals surface area (Å²) in [7, 11) is 0. The Kier molecular flexibility index (Phi) is 11.9. The third-order valence-corrected chi connectivity index (χ3v) is 3.86. The molecule has 0 aromatic carbocycles. The van der Waals surface area contributed by atoms with Gasteiger partial charge in [0.15, 0.2) is 0 Å². The largest absolute Gasteiger partial charge is 0.393 e. The molecule has 0 spiro atoms. The van der Waals surface area contributed by atoms with E-state index in [9.17, 15) is 10.2 Å². The van der Waals surface area contributed by atoms with E-state index in [-0.39, 0.29) is 18.1 Å². The summed E-state index contributed by atoms with van der Waals surface area (Å²) >= 11 is 0. The predicted molar refractivity (Wildman–Crippen MR) is 78.7 cm³/mol. The summed E-state index contributed by atoms with van der Waals surface area (Å²) in [5.41, 5.74) is 0. The standard InChI is InChI=1S/C16H34O2/c1-4-6-8-9-11-13-16(18)15(14(3)17)12-10-7-5-2/h14-18H,4-13H2,1-3H3. The lowest BCUT2D eigenvalue weighted by Gasteiger charge is -2.25. The van der Waals surface area contributed by atoms with Gasteiger partial charge in [0, 0.05) is 5.92 Å². The predicted octanol–water partition coefficient (Wildman–Crippen LogP) is 4.29. The molecule has 2 heteroatoms. The van der Waals surface area contributed by atoms with E-state index in [4.69, 9.17) is 0 Å².